The number of nitrogens with one attached hydrogen (secondary N) is 2. The van der Waals surface area contributed by atoms with E-state index in [1.54, 1.807) is 0 Å². The third kappa shape index (κ3) is 4.51. The van der Waals surface area contributed by atoms with Gasteiger partial charge in [-0.1, -0.05) is 17.7 Å². The molecule has 29 heavy (non-hydrogen) atoms. The number of amides is 1. The highest BCUT2D eigenvalue weighted by Gasteiger charge is 2.35. The lowest BCUT2D eigenvalue weighted by molar-refractivity contribution is -0.137. The van der Waals surface area contributed by atoms with E-state index in [2.05, 4.69) is 20.6 Å². The lowest BCUT2D eigenvalue weighted by Crippen LogP contribution is -2.37. The van der Waals surface area contributed by atoms with Crippen molar-refractivity contribution < 1.29 is 27.1 Å². The third-order valence-electron chi connectivity index (χ3n) is 4.28. The molecule has 12 heteroatoms. The molecule has 0 aliphatic carbocycles. The van der Waals surface area contributed by atoms with Gasteiger partial charge < -0.3 is 20.3 Å². The molecule has 1 aromatic carbocycles. The largest absolute Gasteiger partial charge is 0.421 e. The predicted octanol–water partition coefficient (Wildman–Crippen LogP) is 3.60. The maximum atomic E-state index is 14.8. The number of ether oxygens (including phenoxy) is 1. The summed E-state index contributed by atoms with van der Waals surface area (Å²) in [5.74, 6) is -1.40. The number of halogens is 5. The summed E-state index contributed by atoms with van der Waals surface area (Å²) < 4.78 is 59.1. The van der Waals surface area contributed by atoms with Gasteiger partial charge in [0, 0.05) is 25.4 Å². The first kappa shape index (κ1) is 21.1. The van der Waals surface area contributed by atoms with Crippen LogP contribution in [0.4, 0.5) is 35.0 Å². The summed E-state index contributed by atoms with van der Waals surface area (Å²) in [6, 6.07) is 2.86. The van der Waals surface area contributed by atoms with Crippen LogP contribution in [0.3, 0.4) is 0 Å². The van der Waals surface area contributed by atoms with Gasteiger partial charge in [0.05, 0.1) is 18.8 Å². The van der Waals surface area contributed by atoms with Crippen molar-refractivity contribution in [3.63, 3.8) is 0 Å². The van der Waals surface area contributed by atoms with Crippen LogP contribution in [0.5, 0.6) is 0 Å². The van der Waals surface area contributed by atoms with Gasteiger partial charge in [-0.2, -0.15) is 18.2 Å². The van der Waals surface area contributed by atoms with Crippen molar-refractivity contribution in [1.29, 1.82) is 0 Å². The molecule has 2 aromatic rings. The van der Waals surface area contributed by atoms with Crippen LogP contribution in [0, 0.1) is 5.82 Å². The second-order valence-corrected chi connectivity index (χ2v) is 6.50. The predicted molar refractivity (Wildman–Crippen MR) is 97.6 cm³/mol. The molecule has 1 unspecified atom stereocenters. The molecule has 1 aliphatic rings. The Kier molecular flexibility index (Phi) is 6.08. The lowest BCUT2D eigenvalue weighted by atomic mass is 10.1. The highest BCUT2D eigenvalue weighted by Crippen LogP contribution is 2.36. The zero-order chi connectivity index (χ0) is 21.2. The van der Waals surface area contributed by atoms with Crippen molar-refractivity contribution >= 4 is 35.5 Å². The van der Waals surface area contributed by atoms with Gasteiger partial charge in [0.2, 0.25) is 12.4 Å². The van der Waals surface area contributed by atoms with Crippen LogP contribution in [0.2, 0.25) is 5.02 Å². The zero-order valence-electron chi connectivity index (χ0n) is 15.1. The van der Waals surface area contributed by atoms with E-state index in [-0.39, 0.29) is 35.4 Å². The molecule has 0 radical (unpaired) electrons. The van der Waals surface area contributed by atoms with Gasteiger partial charge in [-0.05, 0) is 6.07 Å². The molecule has 0 spiro atoms. The number of hydrogen-bond acceptors (Lipinski definition) is 6. The maximum absolute atomic E-state index is 14.8. The Morgan fingerprint density at radius 3 is 2.79 bits per heavy atom. The minimum absolute atomic E-state index is 0.0674. The molecule has 1 aliphatic heterocycles. The molecule has 1 fully saturated rings. The zero-order valence-corrected chi connectivity index (χ0v) is 15.8. The Balaban J connectivity index is 1.86. The van der Waals surface area contributed by atoms with E-state index in [0.29, 0.717) is 19.2 Å². The van der Waals surface area contributed by atoms with Crippen molar-refractivity contribution in [1.82, 2.24) is 14.9 Å². The van der Waals surface area contributed by atoms with Gasteiger partial charge in [0.1, 0.15) is 28.3 Å². The number of aromatic nitrogens is 2. The topological polar surface area (TPSA) is 79.4 Å². The van der Waals surface area contributed by atoms with Crippen LogP contribution >= 0.6 is 11.6 Å². The fourth-order valence-corrected chi connectivity index (χ4v) is 3.04. The van der Waals surface area contributed by atoms with Crippen molar-refractivity contribution in [2.45, 2.75) is 12.3 Å². The Hall–Kier alpha value is -2.66. The van der Waals surface area contributed by atoms with Crippen molar-refractivity contribution in [2.75, 3.05) is 37.4 Å². The van der Waals surface area contributed by atoms with Gasteiger partial charge >= 0.3 is 6.18 Å². The molecule has 1 amide bonds. The number of hydrogen-bond donors (Lipinski definition) is 2. The van der Waals surface area contributed by atoms with Crippen LogP contribution in [0.1, 0.15) is 17.2 Å². The molecular formula is C17H16ClF4N5O2. The Bertz CT molecular complexity index is 912. The molecule has 156 valence electrons. The van der Waals surface area contributed by atoms with Crippen LogP contribution in [-0.2, 0) is 15.7 Å². The first-order chi connectivity index (χ1) is 13.7. The fraction of sp³-hybridized carbons (Fsp3) is 0.353. The summed E-state index contributed by atoms with van der Waals surface area (Å²) >= 11 is 6.09. The van der Waals surface area contributed by atoms with Crippen LogP contribution in [-0.4, -0.2) is 48.0 Å². The van der Waals surface area contributed by atoms with E-state index in [9.17, 15) is 22.4 Å². The second kappa shape index (κ2) is 8.37. The van der Waals surface area contributed by atoms with E-state index in [1.165, 1.54) is 24.1 Å². The number of alkyl halides is 3. The van der Waals surface area contributed by atoms with Crippen LogP contribution in [0.25, 0.3) is 0 Å². The molecule has 2 N–H and O–H groups in total. The van der Waals surface area contributed by atoms with Crippen molar-refractivity contribution in [3.05, 3.63) is 40.3 Å². The quantitative estimate of drug-likeness (QED) is 0.554. The SMILES string of the molecule is CNc1nc(Nc2ccc(C3CN(C=O)CCO3)c(F)c2Cl)ncc1C(F)(F)F. The van der Waals surface area contributed by atoms with Crippen LogP contribution in [0.15, 0.2) is 18.3 Å². The normalized spacial score (nSPS) is 17.2. The number of nitrogens with zero attached hydrogens (tertiary/aromatic N) is 3. The first-order valence-corrected chi connectivity index (χ1v) is 8.80. The maximum Gasteiger partial charge on any atom is 0.421 e. The minimum Gasteiger partial charge on any atom is -0.372 e. The van der Waals surface area contributed by atoms with Crippen molar-refractivity contribution in [3.8, 4) is 0 Å². The number of carbonyl (C=O) groups is 1. The Morgan fingerprint density at radius 2 is 2.14 bits per heavy atom. The molecule has 1 saturated heterocycles. The van der Waals surface area contributed by atoms with E-state index in [1.807, 2.05) is 0 Å². The van der Waals surface area contributed by atoms with E-state index >= 15 is 0 Å². The van der Waals surface area contributed by atoms with Crippen LogP contribution < -0.4 is 10.6 Å². The van der Waals surface area contributed by atoms with E-state index in [4.69, 9.17) is 16.3 Å². The second-order valence-electron chi connectivity index (χ2n) is 6.12. The van der Waals surface area contributed by atoms with Gasteiger partial charge in [-0.3, -0.25) is 4.79 Å². The number of anilines is 3. The number of benzene rings is 1. The summed E-state index contributed by atoms with van der Waals surface area (Å²) in [5, 5.41) is 4.65. The Morgan fingerprint density at radius 1 is 1.38 bits per heavy atom. The fourth-order valence-electron chi connectivity index (χ4n) is 2.82. The van der Waals surface area contributed by atoms with Gasteiger partial charge in [-0.15, -0.1) is 0 Å². The molecule has 2 heterocycles. The highest BCUT2D eigenvalue weighted by molar-refractivity contribution is 6.33. The van der Waals surface area contributed by atoms with Gasteiger partial charge in [0.15, 0.2) is 0 Å². The smallest absolute Gasteiger partial charge is 0.372 e. The Labute approximate surface area is 168 Å². The molecule has 7 nitrogen and oxygen atoms in total. The average molecular weight is 434 g/mol. The molecule has 0 bridgehead atoms. The lowest BCUT2D eigenvalue weighted by Gasteiger charge is -2.30. The summed E-state index contributed by atoms with van der Waals surface area (Å²) in [5.41, 5.74) is -0.804. The number of rotatable bonds is 5. The highest BCUT2D eigenvalue weighted by atomic mass is 35.5. The molecule has 1 aromatic heterocycles. The first-order valence-electron chi connectivity index (χ1n) is 8.42. The van der Waals surface area contributed by atoms with Crippen molar-refractivity contribution in [2.24, 2.45) is 0 Å². The third-order valence-corrected chi connectivity index (χ3v) is 4.65. The number of morpholine rings is 1. The molecule has 1 atom stereocenters. The standard InChI is InChI=1S/C17H16ClF4N5O2/c1-23-15-10(17(20,21)22)6-24-16(26-15)25-11-3-2-9(14(19)13(11)18)12-7-27(8-28)4-5-29-12/h2-3,6,8,12H,4-5,7H2,1H3,(H2,23,24,25,26). The van der Waals surface area contributed by atoms with Gasteiger partial charge in [0.25, 0.3) is 0 Å². The summed E-state index contributed by atoms with van der Waals surface area (Å²) in [6.07, 6.45) is -4.04. The minimum atomic E-state index is -4.63. The molecule has 0 saturated carbocycles. The van der Waals surface area contributed by atoms with Gasteiger partial charge in [-0.25, -0.2) is 9.37 Å². The molecule has 3 rings (SSSR count). The molecular weight excluding hydrogens is 418 g/mol. The van der Waals surface area contributed by atoms with E-state index in [0.717, 1.165) is 0 Å². The monoisotopic (exact) mass is 433 g/mol. The summed E-state index contributed by atoms with van der Waals surface area (Å²) in [6.45, 7) is 0.845. The number of carbonyl (C=O) groups excluding carboxylic acids is 1. The summed E-state index contributed by atoms with van der Waals surface area (Å²) in [7, 11) is 1.29. The summed E-state index contributed by atoms with van der Waals surface area (Å²) in [4.78, 5) is 19.8. The van der Waals surface area contributed by atoms with E-state index < -0.39 is 29.5 Å². The average Bonchev–Trinajstić information content (AvgIpc) is 2.70.